The SMILES string of the molecule is CNCC1CN(C)C(C)CCN1c1ccc(Br)cc1. The minimum atomic E-state index is 0.529. The number of halogens is 1. The largest absolute Gasteiger partial charge is 0.366 e. The van der Waals surface area contributed by atoms with Crippen molar-refractivity contribution in [3.63, 3.8) is 0 Å². The van der Waals surface area contributed by atoms with Crippen molar-refractivity contribution in [2.24, 2.45) is 0 Å². The fourth-order valence-electron chi connectivity index (χ4n) is 2.72. The highest BCUT2D eigenvalue weighted by atomic mass is 79.9. The molecule has 4 heteroatoms. The van der Waals surface area contributed by atoms with Crippen LogP contribution in [0.4, 0.5) is 5.69 Å². The molecule has 3 nitrogen and oxygen atoms in total. The summed E-state index contributed by atoms with van der Waals surface area (Å²) in [6, 6.07) is 9.86. The molecule has 1 fully saturated rings. The Morgan fingerprint density at radius 1 is 1.32 bits per heavy atom. The Morgan fingerprint density at radius 2 is 2.00 bits per heavy atom. The van der Waals surface area contributed by atoms with Crippen LogP contribution in [0.3, 0.4) is 0 Å². The monoisotopic (exact) mass is 325 g/mol. The van der Waals surface area contributed by atoms with Gasteiger partial charge in [0.1, 0.15) is 0 Å². The summed E-state index contributed by atoms with van der Waals surface area (Å²) in [4.78, 5) is 5.02. The first kappa shape index (κ1) is 14.8. The van der Waals surface area contributed by atoms with Crippen molar-refractivity contribution < 1.29 is 0 Å². The first-order valence-electron chi connectivity index (χ1n) is 6.99. The van der Waals surface area contributed by atoms with Gasteiger partial charge in [0.2, 0.25) is 0 Å². The number of anilines is 1. The quantitative estimate of drug-likeness (QED) is 0.921. The second-order valence-corrected chi connectivity index (χ2v) is 6.37. The highest BCUT2D eigenvalue weighted by Crippen LogP contribution is 2.24. The third-order valence-corrected chi connectivity index (χ3v) is 4.61. The normalized spacial score (nSPS) is 25.4. The van der Waals surface area contributed by atoms with Crippen molar-refractivity contribution in [1.29, 1.82) is 0 Å². The molecular formula is C15H24BrN3. The number of hydrogen-bond acceptors (Lipinski definition) is 3. The molecule has 19 heavy (non-hydrogen) atoms. The van der Waals surface area contributed by atoms with Crippen LogP contribution in [0.15, 0.2) is 28.7 Å². The molecule has 2 unspecified atom stereocenters. The van der Waals surface area contributed by atoms with Crippen LogP contribution in [0.25, 0.3) is 0 Å². The summed E-state index contributed by atoms with van der Waals surface area (Å²) in [5.74, 6) is 0. The number of nitrogens with one attached hydrogen (secondary N) is 1. The van der Waals surface area contributed by atoms with Crippen molar-refractivity contribution >= 4 is 21.6 Å². The molecule has 106 valence electrons. The van der Waals surface area contributed by atoms with Crippen LogP contribution in [0, 0.1) is 0 Å². The zero-order valence-corrected chi connectivity index (χ0v) is 13.7. The Bertz CT molecular complexity index is 393. The molecule has 0 aliphatic carbocycles. The van der Waals surface area contributed by atoms with Gasteiger partial charge in [0.25, 0.3) is 0 Å². The van der Waals surface area contributed by atoms with Crippen LogP contribution in [-0.2, 0) is 0 Å². The summed E-state index contributed by atoms with van der Waals surface area (Å²) in [7, 11) is 4.27. The van der Waals surface area contributed by atoms with Crippen LogP contribution < -0.4 is 10.2 Å². The van der Waals surface area contributed by atoms with Crippen molar-refractivity contribution in [2.75, 3.05) is 38.6 Å². The van der Waals surface area contributed by atoms with Gasteiger partial charge in [-0.3, -0.25) is 0 Å². The third-order valence-electron chi connectivity index (χ3n) is 4.08. The van der Waals surface area contributed by atoms with Gasteiger partial charge in [-0.1, -0.05) is 15.9 Å². The van der Waals surface area contributed by atoms with E-state index in [4.69, 9.17) is 0 Å². The Labute approximate surface area is 125 Å². The van der Waals surface area contributed by atoms with Crippen LogP contribution >= 0.6 is 15.9 Å². The summed E-state index contributed by atoms with van der Waals surface area (Å²) >= 11 is 3.51. The van der Waals surface area contributed by atoms with Gasteiger partial charge >= 0.3 is 0 Å². The van der Waals surface area contributed by atoms with E-state index in [0.29, 0.717) is 12.1 Å². The molecule has 1 saturated heterocycles. The standard InChI is InChI=1S/C15H24BrN3/c1-12-8-9-19(14-6-4-13(16)5-7-14)15(10-17-2)11-18(12)3/h4-7,12,15,17H,8-11H2,1-3H3. The van der Waals surface area contributed by atoms with Gasteiger partial charge in [0.15, 0.2) is 0 Å². The molecule has 1 heterocycles. The van der Waals surface area contributed by atoms with Crippen molar-refractivity contribution in [3.8, 4) is 0 Å². The predicted molar refractivity (Wildman–Crippen MR) is 85.9 cm³/mol. The lowest BCUT2D eigenvalue weighted by atomic mass is 10.2. The molecule has 0 radical (unpaired) electrons. The fourth-order valence-corrected chi connectivity index (χ4v) is 2.99. The lowest BCUT2D eigenvalue weighted by Crippen LogP contribution is -2.46. The second-order valence-electron chi connectivity index (χ2n) is 5.46. The van der Waals surface area contributed by atoms with Gasteiger partial charge in [0, 0.05) is 35.8 Å². The first-order chi connectivity index (χ1) is 9.11. The average Bonchev–Trinajstić information content (AvgIpc) is 2.52. The first-order valence-corrected chi connectivity index (χ1v) is 7.78. The van der Waals surface area contributed by atoms with Gasteiger partial charge in [-0.25, -0.2) is 0 Å². The maximum atomic E-state index is 3.51. The van der Waals surface area contributed by atoms with E-state index in [1.807, 2.05) is 7.05 Å². The predicted octanol–water partition coefficient (Wildman–Crippen LogP) is 2.57. The van der Waals surface area contributed by atoms with Crippen LogP contribution in [0.5, 0.6) is 0 Å². The Kier molecular flexibility index (Phi) is 5.25. The summed E-state index contributed by atoms with van der Waals surface area (Å²) in [6.07, 6.45) is 1.22. The topological polar surface area (TPSA) is 18.5 Å². The van der Waals surface area contributed by atoms with E-state index in [-0.39, 0.29) is 0 Å². The Hall–Kier alpha value is -0.580. The van der Waals surface area contributed by atoms with E-state index in [1.54, 1.807) is 0 Å². The maximum absolute atomic E-state index is 3.51. The fraction of sp³-hybridized carbons (Fsp3) is 0.600. The van der Waals surface area contributed by atoms with Crippen molar-refractivity contribution in [2.45, 2.75) is 25.4 Å². The van der Waals surface area contributed by atoms with Crippen LogP contribution in [0.2, 0.25) is 0 Å². The van der Waals surface area contributed by atoms with Gasteiger partial charge in [0.05, 0.1) is 6.04 Å². The molecule has 1 aliphatic heterocycles. The van der Waals surface area contributed by atoms with Gasteiger partial charge in [-0.15, -0.1) is 0 Å². The maximum Gasteiger partial charge on any atom is 0.0541 e. The number of nitrogens with zero attached hydrogens (tertiary/aromatic N) is 2. The third kappa shape index (κ3) is 3.71. The lowest BCUT2D eigenvalue weighted by Gasteiger charge is -2.33. The van der Waals surface area contributed by atoms with Gasteiger partial charge < -0.3 is 15.1 Å². The van der Waals surface area contributed by atoms with E-state index in [1.165, 1.54) is 12.1 Å². The molecule has 2 rings (SSSR count). The molecule has 1 aromatic rings. The minimum Gasteiger partial charge on any atom is -0.366 e. The van der Waals surface area contributed by atoms with E-state index >= 15 is 0 Å². The van der Waals surface area contributed by atoms with E-state index < -0.39 is 0 Å². The van der Waals surface area contributed by atoms with Gasteiger partial charge in [-0.05, 0) is 51.7 Å². The van der Waals surface area contributed by atoms with Crippen LogP contribution in [-0.4, -0.2) is 50.7 Å². The number of benzene rings is 1. The molecule has 2 atom stereocenters. The molecule has 1 aliphatic rings. The summed E-state index contributed by atoms with van der Waals surface area (Å²) in [6.45, 7) is 5.58. The van der Waals surface area contributed by atoms with E-state index in [9.17, 15) is 0 Å². The smallest absolute Gasteiger partial charge is 0.0541 e. The molecule has 0 amide bonds. The molecule has 1 N–H and O–H groups in total. The number of rotatable bonds is 3. The summed E-state index contributed by atoms with van der Waals surface area (Å²) < 4.78 is 1.14. The minimum absolute atomic E-state index is 0.529. The molecule has 0 bridgehead atoms. The average molecular weight is 326 g/mol. The molecule has 1 aromatic carbocycles. The van der Waals surface area contributed by atoms with E-state index in [0.717, 1.165) is 24.1 Å². The molecule has 0 spiro atoms. The number of likely N-dealkylation sites (N-methyl/N-ethyl adjacent to an activating group) is 2. The zero-order chi connectivity index (χ0) is 13.8. The van der Waals surface area contributed by atoms with Crippen molar-refractivity contribution in [1.82, 2.24) is 10.2 Å². The van der Waals surface area contributed by atoms with Crippen molar-refractivity contribution in [3.05, 3.63) is 28.7 Å². The summed E-state index contributed by atoms with van der Waals surface area (Å²) in [5, 5.41) is 3.33. The molecule has 0 saturated carbocycles. The zero-order valence-electron chi connectivity index (χ0n) is 12.1. The molecule has 0 aromatic heterocycles. The van der Waals surface area contributed by atoms with E-state index in [2.05, 4.69) is 69.3 Å². The Balaban J connectivity index is 2.21. The Morgan fingerprint density at radius 3 is 2.63 bits per heavy atom. The highest BCUT2D eigenvalue weighted by Gasteiger charge is 2.26. The lowest BCUT2D eigenvalue weighted by molar-refractivity contribution is 0.254. The summed E-state index contributed by atoms with van der Waals surface area (Å²) in [5.41, 5.74) is 1.32. The number of hydrogen-bond donors (Lipinski definition) is 1. The highest BCUT2D eigenvalue weighted by molar-refractivity contribution is 9.10. The van der Waals surface area contributed by atoms with Gasteiger partial charge in [-0.2, -0.15) is 0 Å². The second kappa shape index (κ2) is 6.73. The van der Waals surface area contributed by atoms with Crippen LogP contribution in [0.1, 0.15) is 13.3 Å². The molecular weight excluding hydrogens is 302 g/mol.